The van der Waals surface area contributed by atoms with Crippen molar-refractivity contribution >= 4 is 6.03 Å². The zero-order valence-corrected chi connectivity index (χ0v) is 15.4. The predicted octanol–water partition coefficient (Wildman–Crippen LogP) is 3.61. The minimum atomic E-state index is -0.153. The molecule has 4 heteroatoms. The Morgan fingerprint density at radius 1 is 1.29 bits per heavy atom. The summed E-state index contributed by atoms with van der Waals surface area (Å²) in [5.41, 5.74) is 2.92. The van der Waals surface area contributed by atoms with E-state index in [0.29, 0.717) is 0 Å². The standard InChI is InChI=1S/C20H27N3O/c1-16-8-6-10-18(21-16)11-7-9-17-12-14-23(15-13-17)19(24)22(5)20(2,3)4/h6,8-10H,12-15H2,1-5H3. The summed E-state index contributed by atoms with van der Waals surface area (Å²) in [6.45, 7) is 9.63. The Kier molecular flexibility index (Phi) is 5.66. The molecule has 1 aliphatic rings. The van der Waals surface area contributed by atoms with Gasteiger partial charge in [0.15, 0.2) is 0 Å². The molecule has 128 valence electrons. The molecule has 1 aliphatic heterocycles. The van der Waals surface area contributed by atoms with E-state index in [4.69, 9.17) is 0 Å². The van der Waals surface area contributed by atoms with Crippen LogP contribution in [0.3, 0.4) is 0 Å². The van der Waals surface area contributed by atoms with Crippen LogP contribution in [0.2, 0.25) is 0 Å². The van der Waals surface area contributed by atoms with Crippen LogP contribution in [0.15, 0.2) is 29.8 Å². The van der Waals surface area contributed by atoms with Crippen molar-refractivity contribution in [2.75, 3.05) is 20.1 Å². The second kappa shape index (κ2) is 7.53. The summed E-state index contributed by atoms with van der Waals surface area (Å²) in [5.74, 6) is 6.18. The Balaban J connectivity index is 1.92. The number of likely N-dealkylation sites (tertiary alicyclic amines) is 1. The molecule has 24 heavy (non-hydrogen) atoms. The molecule has 0 atom stereocenters. The number of allylic oxidation sites excluding steroid dienone is 1. The number of rotatable bonds is 0. The van der Waals surface area contributed by atoms with Gasteiger partial charge >= 0.3 is 6.03 Å². The molecule has 2 rings (SSSR count). The minimum Gasteiger partial charge on any atom is -0.324 e. The third-order valence-electron chi connectivity index (χ3n) is 4.33. The van der Waals surface area contributed by atoms with Gasteiger partial charge in [-0.1, -0.05) is 17.6 Å². The van der Waals surface area contributed by atoms with Gasteiger partial charge in [-0.15, -0.1) is 0 Å². The number of hydrogen-bond acceptors (Lipinski definition) is 2. The fraction of sp³-hybridized carbons (Fsp3) is 0.500. The summed E-state index contributed by atoms with van der Waals surface area (Å²) >= 11 is 0. The van der Waals surface area contributed by atoms with Gasteiger partial charge in [0.1, 0.15) is 5.69 Å². The minimum absolute atomic E-state index is 0.108. The second-order valence-corrected chi connectivity index (χ2v) is 7.24. The number of carbonyl (C=O) groups excluding carboxylic acids is 1. The number of urea groups is 1. The van der Waals surface area contributed by atoms with E-state index in [0.717, 1.165) is 37.3 Å². The highest BCUT2D eigenvalue weighted by Gasteiger charge is 2.28. The number of aromatic nitrogens is 1. The monoisotopic (exact) mass is 325 g/mol. The van der Waals surface area contributed by atoms with Gasteiger partial charge in [0, 0.05) is 31.4 Å². The van der Waals surface area contributed by atoms with Crippen molar-refractivity contribution in [3.8, 4) is 11.8 Å². The highest BCUT2D eigenvalue weighted by molar-refractivity contribution is 5.75. The molecule has 0 radical (unpaired) electrons. The first-order valence-corrected chi connectivity index (χ1v) is 8.43. The molecule has 4 nitrogen and oxygen atoms in total. The zero-order valence-electron chi connectivity index (χ0n) is 15.4. The number of amides is 2. The Hall–Kier alpha value is -2.28. The maximum atomic E-state index is 12.5. The molecule has 0 bridgehead atoms. The van der Waals surface area contributed by atoms with Crippen molar-refractivity contribution in [1.29, 1.82) is 0 Å². The van der Waals surface area contributed by atoms with Crippen molar-refractivity contribution in [2.24, 2.45) is 0 Å². The molecule has 1 aromatic rings. The van der Waals surface area contributed by atoms with Gasteiger partial charge < -0.3 is 9.80 Å². The summed E-state index contributed by atoms with van der Waals surface area (Å²) in [6.07, 6.45) is 3.76. The van der Waals surface area contributed by atoms with E-state index in [1.165, 1.54) is 5.57 Å². The first-order chi connectivity index (χ1) is 11.3. The van der Waals surface area contributed by atoms with Crippen molar-refractivity contribution < 1.29 is 4.79 Å². The van der Waals surface area contributed by atoms with Gasteiger partial charge in [-0.3, -0.25) is 0 Å². The largest absolute Gasteiger partial charge is 0.324 e. The normalized spacial score (nSPS) is 14.7. The lowest BCUT2D eigenvalue weighted by Gasteiger charge is -2.38. The SMILES string of the molecule is Cc1cccc(C#CC=C2CCN(C(=O)N(C)C(C)(C)C)CC2)n1. The molecule has 0 aliphatic carbocycles. The Bertz CT molecular complexity index is 679. The second-order valence-electron chi connectivity index (χ2n) is 7.24. The summed E-state index contributed by atoms with van der Waals surface area (Å²) in [5, 5.41) is 0. The molecule has 0 spiro atoms. The van der Waals surface area contributed by atoms with Crippen molar-refractivity contribution in [3.05, 3.63) is 41.2 Å². The van der Waals surface area contributed by atoms with Gasteiger partial charge in [-0.2, -0.15) is 0 Å². The molecule has 1 fully saturated rings. The number of pyridine rings is 1. The molecular formula is C20H27N3O. The van der Waals surface area contributed by atoms with Crippen LogP contribution in [0.5, 0.6) is 0 Å². The first kappa shape index (κ1) is 18.1. The van der Waals surface area contributed by atoms with Gasteiger partial charge in [-0.25, -0.2) is 9.78 Å². The maximum Gasteiger partial charge on any atom is 0.320 e. The molecule has 0 N–H and O–H groups in total. The number of hydrogen-bond donors (Lipinski definition) is 0. The highest BCUT2D eigenvalue weighted by Crippen LogP contribution is 2.19. The van der Waals surface area contributed by atoms with Crippen LogP contribution in [-0.4, -0.2) is 46.5 Å². The lowest BCUT2D eigenvalue weighted by molar-refractivity contribution is 0.123. The number of nitrogens with zero attached hydrogens (tertiary/aromatic N) is 3. The van der Waals surface area contributed by atoms with Gasteiger partial charge in [0.05, 0.1) is 0 Å². The van der Waals surface area contributed by atoms with Crippen LogP contribution >= 0.6 is 0 Å². The summed E-state index contributed by atoms with van der Waals surface area (Å²) < 4.78 is 0. The van der Waals surface area contributed by atoms with Crippen LogP contribution < -0.4 is 0 Å². The Morgan fingerprint density at radius 3 is 2.54 bits per heavy atom. The summed E-state index contributed by atoms with van der Waals surface area (Å²) in [7, 11) is 1.87. The zero-order chi connectivity index (χ0) is 17.7. The fourth-order valence-corrected chi connectivity index (χ4v) is 2.45. The molecule has 2 amide bonds. The number of carbonyl (C=O) groups is 1. The van der Waals surface area contributed by atoms with Crippen molar-refractivity contribution in [3.63, 3.8) is 0 Å². The summed E-state index contributed by atoms with van der Waals surface area (Å²) in [6, 6.07) is 5.96. The van der Waals surface area contributed by atoms with E-state index in [-0.39, 0.29) is 11.6 Å². The van der Waals surface area contributed by atoms with E-state index in [9.17, 15) is 4.79 Å². The lowest BCUT2D eigenvalue weighted by Crippen LogP contribution is -2.51. The van der Waals surface area contributed by atoms with Crippen LogP contribution in [0.4, 0.5) is 4.79 Å². The topological polar surface area (TPSA) is 36.4 Å². The van der Waals surface area contributed by atoms with Crippen molar-refractivity contribution in [1.82, 2.24) is 14.8 Å². The average molecular weight is 325 g/mol. The van der Waals surface area contributed by atoms with Crippen LogP contribution in [0.1, 0.15) is 45.0 Å². The van der Waals surface area contributed by atoms with Gasteiger partial charge in [0.25, 0.3) is 0 Å². The molecule has 0 saturated carbocycles. The Labute approximate surface area is 145 Å². The smallest absolute Gasteiger partial charge is 0.320 e. The number of aryl methyl sites for hydroxylation is 1. The predicted molar refractivity (Wildman–Crippen MR) is 97.7 cm³/mol. The number of piperidine rings is 1. The van der Waals surface area contributed by atoms with E-state index in [1.807, 2.05) is 48.0 Å². The fourth-order valence-electron chi connectivity index (χ4n) is 2.45. The van der Waals surface area contributed by atoms with Gasteiger partial charge in [-0.05, 0) is 64.7 Å². The molecule has 0 aromatic carbocycles. The molecule has 1 aromatic heterocycles. The van der Waals surface area contributed by atoms with Crippen molar-refractivity contribution in [2.45, 2.75) is 46.1 Å². The van der Waals surface area contributed by atoms with E-state index >= 15 is 0 Å². The maximum absolute atomic E-state index is 12.5. The van der Waals surface area contributed by atoms with E-state index in [1.54, 1.807) is 0 Å². The average Bonchev–Trinajstić information content (AvgIpc) is 2.53. The molecule has 0 unspecified atom stereocenters. The van der Waals surface area contributed by atoms with E-state index in [2.05, 4.69) is 37.6 Å². The molecular weight excluding hydrogens is 298 g/mol. The van der Waals surface area contributed by atoms with Gasteiger partial charge in [0.2, 0.25) is 0 Å². The third-order valence-corrected chi connectivity index (χ3v) is 4.33. The molecule has 2 heterocycles. The summed E-state index contributed by atoms with van der Waals surface area (Å²) in [4.78, 5) is 20.6. The quantitative estimate of drug-likeness (QED) is 0.683. The third kappa shape index (κ3) is 4.86. The Morgan fingerprint density at radius 2 is 1.96 bits per heavy atom. The van der Waals surface area contributed by atoms with Crippen LogP contribution in [0.25, 0.3) is 0 Å². The van der Waals surface area contributed by atoms with E-state index < -0.39 is 0 Å². The highest BCUT2D eigenvalue weighted by atomic mass is 16.2. The lowest BCUT2D eigenvalue weighted by atomic mass is 10.0. The molecule has 1 saturated heterocycles. The van der Waals surface area contributed by atoms with Crippen LogP contribution in [0, 0.1) is 18.8 Å². The first-order valence-electron chi connectivity index (χ1n) is 8.43. The van der Waals surface area contributed by atoms with Crippen LogP contribution in [-0.2, 0) is 0 Å².